The number of hydrogen-bond acceptors (Lipinski definition) is 4. The van der Waals surface area contributed by atoms with E-state index >= 15 is 0 Å². The zero-order chi connectivity index (χ0) is 20.6. The Kier molecular flexibility index (Phi) is 4.83. The van der Waals surface area contributed by atoms with Crippen LogP contribution in [0.15, 0.2) is 60.0 Å². The van der Waals surface area contributed by atoms with E-state index in [1.807, 2.05) is 30.3 Å². The van der Waals surface area contributed by atoms with Crippen LogP contribution in [-0.4, -0.2) is 20.5 Å². The van der Waals surface area contributed by atoms with Crippen molar-refractivity contribution in [2.45, 2.75) is 19.1 Å². The van der Waals surface area contributed by atoms with Crippen LogP contribution in [0.5, 0.6) is 0 Å². The van der Waals surface area contributed by atoms with Crippen molar-refractivity contribution in [3.8, 4) is 10.6 Å². The molecule has 0 saturated heterocycles. The lowest BCUT2D eigenvalue weighted by Gasteiger charge is -2.13. The zero-order valence-electron chi connectivity index (χ0n) is 15.1. The highest BCUT2D eigenvalue weighted by molar-refractivity contribution is 7.13. The third kappa shape index (κ3) is 3.86. The number of carbonyl (C=O) groups excluding carboxylic acids is 1. The van der Waals surface area contributed by atoms with E-state index in [-0.39, 0.29) is 23.1 Å². The van der Waals surface area contributed by atoms with E-state index in [1.54, 1.807) is 24.4 Å². The SMILES string of the molecule is CC(NC(=O)c1cc2nc(-c3cccs3)cc(C(F)(F)F)n2n1)c1ccccc1. The number of thiophene rings is 1. The number of aromatic nitrogens is 3. The van der Waals surface area contributed by atoms with Crippen molar-refractivity contribution < 1.29 is 18.0 Å². The second kappa shape index (κ2) is 7.32. The summed E-state index contributed by atoms with van der Waals surface area (Å²) in [6.45, 7) is 1.79. The second-order valence-electron chi connectivity index (χ2n) is 6.41. The predicted molar refractivity (Wildman–Crippen MR) is 104 cm³/mol. The first-order valence-corrected chi connectivity index (χ1v) is 9.58. The first-order valence-electron chi connectivity index (χ1n) is 8.70. The van der Waals surface area contributed by atoms with Gasteiger partial charge in [0.15, 0.2) is 17.0 Å². The molecule has 29 heavy (non-hydrogen) atoms. The van der Waals surface area contributed by atoms with E-state index in [9.17, 15) is 18.0 Å². The topological polar surface area (TPSA) is 59.3 Å². The lowest BCUT2D eigenvalue weighted by Crippen LogP contribution is -2.27. The Hall–Kier alpha value is -3.20. The monoisotopic (exact) mass is 416 g/mol. The van der Waals surface area contributed by atoms with E-state index < -0.39 is 17.8 Å². The van der Waals surface area contributed by atoms with Crippen molar-refractivity contribution in [3.05, 3.63) is 76.9 Å². The molecular formula is C20H15F3N4OS. The molecule has 1 atom stereocenters. The lowest BCUT2D eigenvalue weighted by molar-refractivity contribution is -0.142. The largest absolute Gasteiger partial charge is 0.433 e. The summed E-state index contributed by atoms with van der Waals surface area (Å²) in [5.41, 5.74) is -0.0982. The number of carbonyl (C=O) groups is 1. The minimum absolute atomic E-state index is 0.0410. The van der Waals surface area contributed by atoms with Crippen LogP contribution in [0.1, 0.15) is 34.7 Å². The van der Waals surface area contributed by atoms with Gasteiger partial charge in [0, 0.05) is 6.07 Å². The number of rotatable bonds is 4. The average molecular weight is 416 g/mol. The summed E-state index contributed by atoms with van der Waals surface area (Å²) in [6.07, 6.45) is -4.65. The van der Waals surface area contributed by atoms with Gasteiger partial charge >= 0.3 is 6.18 Å². The van der Waals surface area contributed by atoms with Gasteiger partial charge in [-0.05, 0) is 30.0 Å². The van der Waals surface area contributed by atoms with Gasteiger partial charge in [-0.15, -0.1) is 11.3 Å². The maximum Gasteiger partial charge on any atom is 0.433 e. The number of amides is 1. The van der Waals surface area contributed by atoms with Crippen LogP contribution in [0.3, 0.4) is 0 Å². The molecule has 9 heteroatoms. The highest BCUT2D eigenvalue weighted by Gasteiger charge is 2.35. The quantitative estimate of drug-likeness (QED) is 0.511. The molecule has 1 unspecified atom stereocenters. The third-order valence-corrected chi connectivity index (χ3v) is 5.26. The summed E-state index contributed by atoms with van der Waals surface area (Å²) in [5, 5.41) is 8.38. The molecule has 4 rings (SSSR count). The predicted octanol–water partition coefficient (Wildman–Crippen LogP) is 4.97. The fourth-order valence-electron chi connectivity index (χ4n) is 2.93. The highest BCUT2D eigenvalue weighted by Crippen LogP contribution is 2.33. The van der Waals surface area contributed by atoms with Gasteiger partial charge < -0.3 is 5.32 Å². The normalized spacial score (nSPS) is 12.8. The number of fused-ring (bicyclic) bond motifs is 1. The molecule has 0 saturated carbocycles. The van der Waals surface area contributed by atoms with Crippen molar-refractivity contribution in [1.29, 1.82) is 0 Å². The molecule has 3 heterocycles. The number of halogens is 3. The van der Waals surface area contributed by atoms with E-state index in [0.717, 1.165) is 11.6 Å². The van der Waals surface area contributed by atoms with Gasteiger partial charge in [-0.1, -0.05) is 36.4 Å². The van der Waals surface area contributed by atoms with Gasteiger partial charge in [-0.2, -0.15) is 18.3 Å². The molecule has 0 aliphatic carbocycles. The highest BCUT2D eigenvalue weighted by atomic mass is 32.1. The zero-order valence-corrected chi connectivity index (χ0v) is 16.0. The Morgan fingerprint density at radius 1 is 1.14 bits per heavy atom. The fourth-order valence-corrected chi connectivity index (χ4v) is 3.62. The smallest absolute Gasteiger partial charge is 0.344 e. The molecule has 0 bridgehead atoms. The molecule has 148 valence electrons. The van der Waals surface area contributed by atoms with Crippen LogP contribution >= 0.6 is 11.3 Å². The summed E-state index contributed by atoms with van der Waals surface area (Å²) in [5.74, 6) is -0.572. The van der Waals surface area contributed by atoms with Crippen LogP contribution in [0, 0.1) is 0 Å². The fraction of sp³-hybridized carbons (Fsp3) is 0.150. The summed E-state index contributed by atoms with van der Waals surface area (Å²) in [4.78, 5) is 17.4. The van der Waals surface area contributed by atoms with Crippen molar-refractivity contribution in [1.82, 2.24) is 19.9 Å². The van der Waals surface area contributed by atoms with Gasteiger partial charge in [-0.3, -0.25) is 4.79 Å². The van der Waals surface area contributed by atoms with E-state index in [0.29, 0.717) is 9.39 Å². The number of nitrogens with zero attached hydrogens (tertiary/aromatic N) is 3. The standard InChI is InChI=1S/C20H15F3N4OS/c1-12(13-6-3-2-4-7-13)24-19(28)15-11-18-25-14(16-8-5-9-29-16)10-17(20(21,22)23)27(18)26-15/h2-12H,1H3,(H,24,28). The first-order chi connectivity index (χ1) is 13.8. The Morgan fingerprint density at radius 2 is 1.90 bits per heavy atom. The molecule has 0 aliphatic heterocycles. The molecule has 5 nitrogen and oxygen atoms in total. The van der Waals surface area contributed by atoms with E-state index in [1.165, 1.54) is 17.4 Å². The Balaban J connectivity index is 1.72. The molecule has 0 radical (unpaired) electrons. The van der Waals surface area contributed by atoms with E-state index in [2.05, 4.69) is 15.4 Å². The molecule has 1 amide bonds. The van der Waals surface area contributed by atoms with Gasteiger partial charge in [0.2, 0.25) is 0 Å². The average Bonchev–Trinajstić information content (AvgIpc) is 3.36. The minimum atomic E-state index is -4.65. The van der Waals surface area contributed by atoms with Gasteiger partial charge in [-0.25, -0.2) is 9.50 Å². The molecule has 1 N–H and O–H groups in total. The molecule has 0 spiro atoms. The summed E-state index contributed by atoms with van der Waals surface area (Å²) >= 11 is 1.28. The van der Waals surface area contributed by atoms with Gasteiger partial charge in [0.1, 0.15) is 0 Å². The van der Waals surface area contributed by atoms with E-state index in [4.69, 9.17) is 0 Å². The number of benzene rings is 1. The lowest BCUT2D eigenvalue weighted by atomic mass is 10.1. The van der Waals surface area contributed by atoms with Crippen LogP contribution in [0.2, 0.25) is 0 Å². The van der Waals surface area contributed by atoms with Gasteiger partial charge in [0.05, 0.1) is 16.6 Å². The minimum Gasteiger partial charge on any atom is -0.344 e. The molecule has 0 aliphatic rings. The molecule has 1 aromatic carbocycles. The maximum atomic E-state index is 13.6. The van der Waals surface area contributed by atoms with Crippen LogP contribution in [0.4, 0.5) is 13.2 Å². The van der Waals surface area contributed by atoms with Crippen LogP contribution in [0.25, 0.3) is 16.2 Å². The summed E-state index contributed by atoms with van der Waals surface area (Å²) in [6, 6.07) is 14.5. The third-order valence-electron chi connectivity index (χ3n) is 4.37. The Bertz CT molecular complexity index is 1150. The maximum absolute atomic E-state index is 13.6. The Morgan fingerprint density at radius 3 is 2.55 bits per heavy atom. The molecule has 3 aromatic heterocycles. The van der Waals surface area contributed by atoms with Crippen LogP contribution in [-0.2, 0) is 6.18 Å². The van der Waals surface area contributed by atoms with Gasteiger partial charge in [0.25, 0.3) is 5.91 Å². The first kappa shape index (κ1) is 19.1. The summed E-state index contributed by atoms with van der Waals surface area (Å²) < 4.78 is 41.5. The number of hydrogen-bond donors (Lipinski definition) is 1. The number of nitrogens with one attached hydrogen (secondary N) is 1. The molecular weight excluding hydrogens is 401 g/mol. The molecule has 4 aromatic rings. The molecule has 0 fully saturated rings. The second-order valence-corrected chi connectivity index (χ2v) is 7.35. The Labute approximate surface area is 167 Å². The summed E-state index contributed by atoms with van der Waals surface area (Å²) in [7, 11) is 0. The van der Waals surface area contributed by atoms with Crippen molar-refractivity contribution in [3.63, 3.8) is 0 Å². The number of alkyl halides is 3. The van der Waals surface area contributed by atoms with Crippen molar-refractivity contribution in [2.24, 2.45) is 0 Å². The van der Waals surface area contributed by atoms with Crippen LogP contribution < -0.4 is 5.32 Å². The van der Waals surface area contributed by atoms with Crippen molar-refractivity contribution >= 4 is 22.9 Å². The van der Waals surface area contributed by atoms with Crippen molar-refractivity contribution in [2.75, 3.05) is 0 Å².